The number of ketones is 1. The molecule has 0 radical (unpaired) electrons. The van der Waals surface area contributed by atoms with Gasteiger partial charge in [0.15, 0.2) is 0 Å². The molecule has 130 valence electrons. The third-order valence-corrected chi connectivity index (χ3v) is 4.90. The molecule has 0 aliphatic carbocycles. The molecule has 0 saturated carbocycles. The van der Waals surface area contributed by atoms with E-state index in [1.165, 1.54) is 17.5 Å². The zero-order valence-electron chi connectivity index (χ0n) is 11.8. The van der Waals surface area contributed by atoms with Crippen molar-refractivity contribution < 1.29 is 22.4 Å². The van der Waals surface area contributed by atoms with Gasteiger partial charge in [-0.15, -0.1) is 11.3 Å². The fourth-order valence-corrected chi connectivity index (χ4v) is 3.24. The SMILES string of the molecule is O=C(c1cccs1)c1c(C(F)(F)F)n([O-])c2cc(Cl)c(Cl)cc2[n+]1=O. The lowest BCUT2D eigenvalue weighted by molar-refractivity contribution is -0.470. The summed E-state index contributed by atoms with van der Waals surface area (Å²) in [5, 5.41) is 13.4. The van der Waals surface area contributed by atoms with Crippen molar-refractivity contribution in [3.63, 3.8) is 0 Å². The molecule has 0 amide bonds. The topological polar surface area (TPSA) is 68.0 Å². The van der Waals surface area contributed by atoms with Crippen molar-refractivity contribution >= 4 is 51.4 Å². The van der Waals surface area contributed by atoms with Crippen LogP contribution in [0.25, 0.3) is 11.0 Å². The molecule has 11 heteroatoms. The summed E-state index contributed by atoms with van der Waals surface area (Å²) in [5.41, 5.74) is -4.39. The molecule has 0 N–H and O–H groups in total. The van der Waals surface area contributed by atoms with Crippen LogP contribution in [0.2, 0.25) is 10.0 Å². The van der Waals surface area contributed by atoms with Crippen LogP contribution < -0.4 is 4.43 Å². The number of alkyl halides is 3. The molecule has 0 atom stereocenters. The van der Waals surface area contributed by atoms with Crippen LogP contribution in [0.4, 0.5) is 13.2 Å². The van der Waals surface area contributed by atoms with Gasteiger partial charge in [0.05, 0.1) is 19.3 Å². The van der Waals surface area contributed by atoms with E-state index in [2.05, 4.69) is 0 Å². The predicted octanol–water partition coefficient (Wildman–Crippen LogP) is 4.52. The van der Waals surface area contributed by atoms with E-state index < -0.39 is 39.1 Å². The maximum atomic E-state index is 13.4. The van der Waals surface area contributed by atoms with E-state index in [9.17, 15) is 28.1 Å². The second kappa shape index (κ2) is 6.01. The van der Waals surface area contributed by atoms with Gasteiger partial charge in [-0.2, -0.15) is 13.2 Å². The number of carbonyl (C=O) groups is 1. The molecule has 0 saturated heterocycles. The lowest BCUT2D eigenvalue weighted by atomic mass is 10.1. The highest BCUT2D eigenvalue weighted by molar-refractivity contribution is 7.12. The molecule has 3 rings (SSSR count). The number of aromatic nitrogens is 2. The predicted molar refractivity (Wildman–Crippen MR) is 86.8 cm³/mol. The lowest BCUT2D eigenvalue weighted by Crippen LogP contribution is -2.34. The standard InChI is InChI=1S/C14H5Cl2F3N2O3S/c15-6-4-8-9(5-7(6)16)21(24)13(14(17,18)19)11(20(8)23)12(22)10-2-1-3-25-10/h1-5H. The lowest BCUT2D eigenvalue weighted by Gasteiger charge is -2.20. The minimum Gasteiger partial charge on any atom is -0.805 e. The van der Waals surface area contributed by atoms with Crippen molar-refractivity contribution in [2.45, 2.75) is 6.18 Å². The van der Waals surface area contributed by atoms with E-state index in [1.807, 2.05) is 0 Å². The Morgan fingerprint density at radius 3 is 2.44 bits per heavy atom. The van der Waals surface area contributed by atoms with Crippen LogP contribution in [-0.2, 0) is 6.18 Å². The Balaban J connectivity index is 2.50. The first-order valence-corrected chi connectivity index (χ1v) is 8.09. The summed E-state index contributed by atoms with van der Waals surface area (Å²) in [4.78, 5) is 24.8. The highest BCUT2D eigenvalue weighted by Crippen LogP contribution is 2.35. The Hall–Kier alpha value is -2.10. The number of nitrogens with zero attached hydrogens (tertiary/aromatic N) is 2. The summed E-state index contributed by atoms with van der Waals surface area (Å²) in [6, 6.07) is 4.46. The number of halogens is 5. The average molecular weight is 409 g/mol. The van der Waals surface area contributed by atoms with Crippen molar-refractivity contribution in [1.29, 1.82) is 0 Å². The first kappa shape index (κ1) is 17.7. The molecule has 0 unspecified atom stereocenters. The Labute approximate surface area is 151 Å². The van der Waals surface area contributed by atoms with E-state index in [-0.39, 0.29) is 19.3 Å². The number of carbonyl (C=O) groups excluding carboxylic acids is 1. The van der Waals surface area contributed by atoms with Crippen LogP contribution >= 0.6 is 34.5 Å². The Morgan fingerprint density at radius 1 is 1.24 bits per heavy atom. The van der Waals surface area contributed by atoms with Crippen molar-refractivity contribution in [1.82, 2.24) is 4.73 Å². The zero-order valence-corrected chi connectivity index (χ0v) is 14.1. The van der Waals surface area contributed by atoms with E-state index in [4.69, 9.17) is 23.2 Å². The smallest absolute Gasteiger partial charge is 0.438 e. The number of fused-ring (bicyclic) bond motifs is 1. The fourth-order valence-electron chi connectivity index (χ4n) is 2.26. The molecule has 0 fully saturated rings. The molecule has 0 aliphatic rings. The van der Waals surface area contributed by atoms with Gasteiger partial charge in [0, 0.05) is 11.0 Å². The molecule has 2 heterocycles. The monoisotopic (exact) mass is 408 g/mol. The van der Waals surface area contributed by atoms with Crippen molar-refractivity contribution in [2.24, 2.45) is 0 Å². The maximum Gasteiger partial charge on any atom is 0.438 e. The summed E-state index contributed by atoms with van der Waals surface area (Å²) >= 11 is 12.3. The Kier molecular flexibility index (Phi) is 4.26. The summed E-state index contributed by atoms with van der Waals surface area (Å²) in [7, 11) is 0. The van der Waals surface area contributed by atoms with Gasteiger partial charge in [-0.1, -0.05) is 29.3 Å². The average Bonchev–Trinajstić information content (AvgIpc) is 3.05. The molecule has 5 nitrogen and oxygen atoms in total. The third-order valence-electron chi connectivity index (χ3n) is 3.31. The highest BCUT2D eigenvalue weighted by Gasteiger charge is 2.45. The first-order chi connectivity index (χ1) is 11.6. The van der Waals surface area contributed by atoms with Gasteiger partial charge in [0.25, 0.3) is 11.3 Å². The van der Waals surface area contributed by atoms with Gasteiger partial charge in [-0.05, 0) is 17.5 Å². The van der Waals surface area contributed by atoms with E-state index in [0.717, 1.165) is 23.5 Å². The van der Waals surface area contributed by atoms with E-state index in [1.54, 1.807) is 0 Å². The Morgan fingerprint density at radius 2 is 1.88 bits per heavy atom. The van der Waals surface area contributed by atoms with Crippen molar-refractivity contribution in [3.8, 4) is 0 Å². The minimum absolute atomic E-state index is 0.116. The van der Waals surface area contributed by atoms with Crippen LogP contribution in [0.3, 0.4) is 0 Å². The number of thiophene rings is 1. The summed E-state index contributed by atoms with van der Waals surface area (Å²) in [5.74, 6) is -1.21. The number of hydrogen-bond donors (Lipinski definition) is 0. The molecular weight excluding hydrogens is 404 g/mol. The molecule has 2 aromatic heterocycles. The molecule has 25 heavy (non-hydrogen) atoms. The van der Waals surface area contributed by atoms with Gasteiger partial charge < -0.3 is 9.94 Å². The van der Waals surface area contributed by atoms with Crippen LogP contribution in [0.1, 0.15) is 21.1 Å². The largest absolute Gasteiger partial charge is 0.805 e. The normalized spacial score (nSPS) is 11.9. The highest BCUT2D eigenvalue weighted by atomic mass is 35.5. The summed E-state index contributed by atoms with van der Waals surface area (Å²) in [6.45, 7) is 0. The minimum atomic E-state index is -5.24. The summed E-state index contributed by atoms with van der Waals surface area (Å²) in [6.07, 6.45) is -5.24. The quantitative estimate of drug-likeness (QED) is 0.462. The second-order valence-electron chi connectivity index (χ2n) is 4.85. The second-order valence-corrected chi connectivity index (χ2v) is 6.61. The van der Waals surface area contributed by atoms with Crippen LogP contribution in [0.5, 0.6) is 0 Å². The molecule has 3 aromatic rings. The zero-order chi connectivity index (χ0) is 18.5. The molecule has 0 bridgehead atoms. The first-order valence-electron chi connectivity index (χ1n) is 6.46. The molecular formula is C14H5Cl2F3N2O3S. The number of benzene rings is 1. The van der Waals surface area contributed by atoms with Gasteiger partial charge in [-0.3, -0.25) is 4.79 Å². The van der Waals surface area contributed by atoms with Crippen molar-refractivity contribution in [2.75, 3.05) is 0 Å². The molecule has 1 aromatic carbocycles. The van der Waals surface area contributed by atoms with Gasteiger partial charge in [0.1, 0.15) is 5.52 Å². The van der Waals surface area contributed by atoms with Crippen LogP contribution in [0.15, 0.2) is 29.6 Å². The van der Waals surface area contributed by atoms with Gasteiger partial charge >= 0.3 is 11.9 Å². The van der Waals surface area contributed by atoms with Crippen LogP contribution in [-0.4, -0.2) is 10.5 Å². The van der Waals surface area contributed by atoms with Gasteiger partial charge in [0.2, 0.25) is 5.69 Å². The molecule has 0 spiro atoms. The van der Waals surface area contributed by atoms with Crippen LogP contribution in [0, 0.1) is 10.1 Å². The third kappa shape index (κ3) is 2.88. The number of hydrogen-bond acceptors (Lipinski definition) is 4. The summed E-state index contributed by atoms with van der Waals surface area (Å²) < 4.78 is 39.5. The number of rotatable bonds is 2. The van der Waals surface area contributed by atoms with Crippen molar-refractivity contribution in [3.05, 3.63) is 66.1 Å². The Bertz CT molecular complexity index is 1060. The van der Waals surface area contributed by atoms with E-state index >= 15 is 0 Å². The molecule has 0 aliphatic heterocycles. The van der Waals surface area contributed by atoms with E-state index in [0.29, 0.717) is 0 Å². The van der Waals surface area contributed by atoms with Gasteiger partial charge in [-0.25, -0.2) is 0 Å². The maximum absolute atomic E-state index is 13.4. The fraction of sp³-hybridized carbons (Fsp3) is 0.0714.